The van der Waals surface area contributed by atoms with E-state index in [2.05, 4.69) is 10.1 Å². The van der Waals surface area contributed by atoms with Gasteiger partial charge in [0.15, 0.2) is 5.69 Å². The Morgan fingerprint density at radius 3 is 2.84 bits per heavy atom. The van der Waals surface area contributed by atoms with E-state index in [4.69, 9.17) is 11.1 Å². The highest BCUT2D eigenvalue weighted by atomic mass is 19.1. The van der Waals surface area contributed by atoms with Crippen LogP contribution in [0.2, 0.25) is 0 Å². The summed E-state index contributed by atoms with van der Waals surface area (Å²) in [4.78, 5) is 26.8. The van der Waals surface area contributed by atoms with Crippen molar-refractivity contribution in [3.63, 3.8) is 0 Å². The molecule has 0 fully saturated rings. The second kappa shape index (κ2) is 7.91. The molecule has 0 aliphatic heterocycles. The lowest BCUT2D eigenvalue weighted by Crippen LogP contribution is -2.21. The van der Waals surface area contributed by atoms with E-state index in [1.54, 1.807) is 12.1 Å². The zero-order valence-corrected chi connectivity index (χ0v) is 13.4. The zero-order chi connectivity index (χ0) is 18.4. The highest BCUT2D eigenvalue weighted by Crippen LogP contribution is 2.05. The first-order valence-corrected chi connectivity index (χ1v) is 7.28. The number of amidine groups is 1. The summed E-state index contributed by atoms with van der Waals surface area (Å²) < 4.78 is 14.1. The van der Waals surface area contributed by atoms with Crippen LogP contribution < -0.4 is 11.3 Å². The minimum Gasteiger partial charge on any atom is -0.384 e. The number of halogens is 1. The van der Waals surface area contributed by atoms with Crippen molar-refractivity contribution in [1.29, 1.82) is 5.41 Å². The monoisotopic (exact) mass is 343 g/mol. The first-order valence-electron chi connectivity index (χ1n) is 7.28. The Labute approximate surface area is 144 Å². The van der Waals surface area contributed by atoms with E-state index in [1.165, 1.54) is 43.5 Å². The number of rotatable bonds is 5. The van der Waals surface area contributed by atoms with Crippen molar-refractivity contribution < 1.29 is 10.6 Å². The van der Waals surface area contributed by atoms with Crippen LogP contribution in [0.15, 0.2) is 58.3 Å². The number of hydrogen-bond acceptors (Lipinski definition) is 4. The summed E-state index contributed by atoms with van der Waals surface area (Å²) >= 11 is 0. The second-order valence-electron chi connectivity index (χ2n) is 5.19. The van der Waals surface area contributed by atoms with E-state index in [0.717, 1.165) is 4.68 Å². The molecule has 1 aromatic heterocycles. The number of nitrogens with zero attached hydrogens (tertiary/aromatic N) is 3. The van der Waals surface area contributed by atoms with Crippen LogP contribution in [0.1, 0.15) is 17.5 Å². The van der Waals surface area contributed by atoms with Gasteiger partial charge >= 0.3 is 0 Å². The number of amides is 1. The Bertz CT molecular complexity index is 937. The molecule has 1 amide bonds. The zero-order valence-electron chi connectivity index (χ0n) is 13.4. The van der Waals surface area contributed by atoms with Gasteiger partial charge in [0.25, 0.3) is 11.5 Å². The second-order valence-corrected chi connectivity index (χ2v) is 5.19. The van der Waals surface area contributed by atoms with Crippen LogP contribution in [0.5, 0.6) is 0 Å². The largest absolute Gasteiger partial charge is 0.384 e. The first kappa shape index (κ1) is 17.9. The molecule has 7 nitrogen and oxygen atoms in total. The number of aliphatic imine (C=N–C) groups is 1. The summed E-state index contributed by atoms with van der Waals surface area (Å²) in [6, 6.07) is 8.41. The molecule has 3 N–H and O–H groups in total. The predicted octanol–water partition coefficient (Wildman–Crippen LogP) is 1.48. The number of hydrogen-bond donors (Lipinski definition) is 2. The number of carbonyl (C=O) groups excluding carboxylic acids is 1. The van der Waals surface area contributed by atoms with Gasteiger partial charge in [-0.1, -0.05) is 12.1 Å². The van der Waals surface area contributed by atoms with E-state index in [0.29, 0.717) is 5.56 Å². The summed E-state index contributed by atoms with van der Waals surface area (Å²) in [5, 5.41) is 11.6. The van der Waals surface area contributed by atoms with Crippen LogP contribution in [0.4, 0.5) is 4.39 Å². The normalized spacial score (nSPS) is 11.7. The molecule has 25 heavy (non-hydrogen) atoms. The van der Waals surface area contributed by atoms with E-state index in [1.807, 2.05) is 0 Å². The van der Waals surface area contributed by atoms with Crippen molar-refractivity contribution in [2.24, 2.45) is 17.8 Å². The molecule has 0 saturated heterocycles. The minimum absolute atomic E-state index is 0. The van der Waals surface area contributed by atoms with Crippen LogP contribution in [0.3, 0.4) is 0 Å². The molecular formula is C17H18FN5O2. The lowest BCUT2D eigenvalue weighted by molar-refractivity contribution is 0.0996. The predicted molar refractivity (Wildman–Crippen MR) is 94.5 cm³/mol. The van der Waals surface area contributed by atoms with E-state index in [9.17, 15) is 14.0 Å². The van der Waals surface area contributed by atoms with Crippen LogP contribution in [0, 0.1) is 11.2 Å². The summed E-state index contributed by atoms with van der Waals surface area (Å²) in [7, 11) is 1.42. The van der Waals surface area contributed by atoms with Gasteiger partial charge in [0.05, 0.1) is 0 Å². The number of aryl methyl sites for hydroxylation is 1. The molecule has 1 heterocycles. The number of aromatic nitrogens is 2. The number of allylic oxidation sites excluding steroid dienone is 1. The fraction of sp³-hybridized carbons (Fsp3) is 0.118. The van der Waals surface area contributed by atoms with Gasteiger partial charge in [-0.15, -0.1) is 0 Å². The van der Waals surface area contributed by atoms with Crippen LogP contribution in [-0.2, 0) is 13.5 Å². The van der Waals surface area contributed by atoms with Crippen LogP contribution in [0.25, 0.3) is 0 Å². The van der Waals surface area contributed by atoms with Gasteiger partial charge in [-0.05, 0) is 35.9 Å². The Balaban J connectivity index is 0.00000338. The van der Waals surface area contributed by atoms with Gasteiger partial charge in [-0.2, -0.15) is 10.1 Å². The molecule has 2 rings (SSSR count). The molecule has 0 aliphatic carbocycles. The van der Waals surface area contributed by atoms with Gasteiger partial charge in [0.2, 0.25) is 0 Å². The molecule has 0 spiro atoms. The topological polar surface area (TPSA) is 114 Å². The Kier molecular flexibility index (Phi) is 5.67. The molecule has 130 valence electrons. The molecule has 0 atom stereocenters. The quantitative estimate of drug-likeness (QED) is 0.632. The fourth-order valence-electron chi connectivity index (χ4n) is 1.94. The third kappa shape index (κ3) is 5.31. The Morgan fingerprint density at radius 2 is 2.16 bits per heavy atom. The molecule has 8 heteroatoms. The lowest BCUT2D eigenvalue weighted by Gasteiger charge is -2.00. The number of carbonyl (C=O) groups is 1. The summed E-state index contributed by atoms with van der Waals surface area (Å²) in [6.45, 7) is 0. The molecule has 0 saturated carbocycles. The van der Waals surface area contributed by atoms with Gasteiger partial charge in [-0.3, -0.25) is 9.59 Å². The summed E-state index contributed by atoms with van der Waals surface area (Å²) in [6.07, 6.45) is 2.91. The van der Waals surface area contributed by atoms with Crippen molar-refractivity contribution in [1.82, 2.24) is 9.78 Å². The average molecular weight is 343 g/mol. The third-order valence-corrected chi connectivity index (χ3v) is 3.15. The third-order valence-electron chi connectivity index (χ3n) is 3.15. The van der Waals surface area contributed by atoms with Crippen molar-refractivity contribution >= 4 is 17.5 Å². The standard InChI is InChI=1S/C17H16FN5O2.H2/c1-23-16(24)8-6-14(22-23)17(25)21-15(20)7-5-13(19)10-11-3-2-4-12(18)9-11;/h2-9,19H,10H2,1H3,(H2,20,21,25);1H/b7-5-,19-13?;. The van der Waals surface area contributed by atoms with E-state index >= 15 is 0 Å². The van der Waals surface area contributed by atoms with Crippen LogP contribution in [-0.4, -0.2) is 27.2 Å². The first-order chi connectivity index (χ1) is 11.8. The van der Waals surface area contributed by atoms with Crippen molar-refractivity contribution in [3.05, 3.63) is 76.0 Å². The van der Waals surface area contributed by atoms with E-state index in [-0.39, 0.29) is 36.5 Å². The summed E-state index contributed by atoms with van der Waals surface area (Å²) in [5.74, 6) is -1.18. The van der Waals surface area contributed by atoms with Crippen molar-refractivity contribution in [3.8, 4) is 0 Å². The van der Waals surface area contributed by atoms with Crippen molar-refractivity contribution in [2.45, 2.75) is 6.42 Å². The number of benzene rings is 1. The molecule has 0 aliphatic rings. The SMILES string of the molecule is Cn1nc(C(=O)N=C(N)/C=C\C(=N)Cc2cccc(F)c2)ccc1=O.[HH]. The highest BCUT2D eigenvalue weighted by Gasteiger charge is 2.07. The molecule has 0 unspecified atom stereocenters. The molecule has 0 radical (unpaired) electrons. The lowest BCUT2D eigenvalue weighted by atomic mass is 10.1. The van der Waals surface area contributed by atoms with Crippen molar-refractivity contribution in [2.75, 3.05) is 0 Å². The number of nitrogens with two attached hydrogens (primary N) is 1. The molecule has 2 aromatic rings. The van der Waals surface area contributed by atoms with E-state index < -0.39 is 5.91 Å². The van der Waals surface area contributed by atoms with Gasteiger partial charge in [0, 0.05) is 26.7 Å². The minimum atomic E-state index is -0.700. The molecular weight excluding hydrogens is 325 g/mol. The Morgan fingerprint density at radius 1 is 1.40 bits per heavy atom. The average Bonchev–Trinajstić information content (AvgIpc) is 2.55. The highest BCUT2D eigenvalue weighted by molar-refractivity contribution is 6.08. The maximum Gasteiger partial charge on any atom is 0.299 e. The number of nitrogens with one attached hydrogen (secondary N) is 1. The van der Waals surface area contributed by atoms with Gasteiger partial charge in [0.1, 0.15) is 11.7 Å². The Hall–Kier alpha value is -3.42. The van der Waals surface area contributed by atoms with Gasteiger partial charge < -0.3 is 11.1 Å². The maximum atomic E-state index is 13.1. The maximum absolute atomic E-state index is 13.1. The molecule has 1 aromatic carbocycles. The van der Waals surface area contributed by atoms with Gasteiger partial charge in [-0.25, -0.2) is 9.07 Å². The molecule has 0 bridgehead atoms. The smallest absolute Gasteiger partial charge is 0.299 e. The fourth-order valence-corrected chi connectivity index (χ4v) is 1.94. The van der Waals surface area contributed by atoms with Crippen LogP contribution >= 0.6 is 0 Å². The summed E-state index contributed by atoms with van der Waals surface area (Å²) in [5.41, 5.74) is 6.09.